The van der Waals surface area contributed by atoms with Gasteiger partial charge in [-0.3, -0.25) is 4.79 Å². The maximum absolute atomic E-state index is 12.6. The lowest BCUT2D eigenvalue weighted by Crippen LogP contribution is -2.13. The summed E-state index contributed by atoms with van der Waals surface area (Å²) in [6.07, 6.45) is 2.05. The Kier molecular flexibility index (Phi) is 3.32. The molecule has 2 heterocycles. The maximum Gasteiger partial charge on any atom is 0.231 e. The van der Waals surface area contributed by atoms with Crippen molar-refractivity contribution < 1.29 is 24.5 Å². The fourth-order valence-corrected chi connectivity index (χ4v) is 3.03. The number of allylic oxidation sites excluding steroid dienone is 1. The number of ketones is 1. The molecule has 0 saturated heterocycles. The number of aromatic hydroxyl groups is 2. The Morgan fingerprint density at radius 3 is 2.76 bits per heavy atom. The van der Waals surface area contributed by atoms with Crippen LogP contribution in [0, 0.1) is 0 Å². The predicted molar refractivity (Wildman–Crippen MR) is 92.1 cm³/mol. The highest BCUT2D eigenvalue weighted by molar-refractivity contribution is 6.15. The van der Waals surface area contributed by atoms with Crippen LogP contribution >= 0.6 is 0 Å². The number of carbonyl (C=O) groups excluding carboxylic acids is 1. The molecule has 0 radical (unpaired) electrons. The molecule has 2 aromatic carbocycles. The quantitative estimate of drug-likeness (QED) is 0.498. The van der Waals surface area contributed by atoms with Gasteiger partial charge in [-0.2, -0.15) is 0 Å². The molecule has 25 heavy (non-hydrogen) atoms. The standard InChI is InChI=1S/C20H16O5/c1-10(2)17-9-13-16(24-17)6-4-12-19(23)18(25-20(12)13)8-11-3-5-14(21)15(22)7-11/h3-8,17,21-22H,1,9H2,2H3/b18-8-/t17-/m1/s1. The molecule has 0 aliphatic carbocycles. The van der Waals surface area contributed by atoms with Crippen molar-refractivity contribution in [2.24, 2.45) is 0 Å². The molecule has 0 amide bonds. The van der Waals surface area contributed by atoms with Gasteiger partial charge in [0.15, 0.2) is 17.3 Å². The number of phenols is 2. The summed E-state index contributed by atoms with van der Waals surface area (Å²) in [7, 11) is 0. The van der Waals surface area contributed by atoms with Crippen LogP contribution in [0.5, 0.6) is 23.0 Å². The van der Waals surface area contributed by atoms with E-state index in [1.54, 1.807) is 24.3 Å². The van der Waals surface area contributed by atoms with Crippen LogP contribution in [0.25, 0.3) is 6.08 Å². The monoisotopic (exact) mass is 336 g/mol. The largest absolute Gasteiger partial charge is 0.504 e. The van der Waals surface area contributed by atoms with E-state index in [4.69, 9.17) is 9.47 Å². The van der Waals surface area contributed by atoms with Crippen LogP contribution in [-0.2, 0) is 6.42 Å². The summed E-state index contributed by atoms with van der Waals surface area (Å²) in [5.74, 6) is 0.723. The highest BCUT2D eigenvalue weighted by Crippen LogP contribution is 2.44. The normalized spacial score (nSPS) is 19.3. The highest BCUT2D eigenvalue weighted by Gasteiger charge is 2.35. The van der Waals surface area contributed by atoms with E-state index in [-0.39, 0.29) is 29.1 Å². The van der Waals surface area contributed by atoms with Gasteiger partial charge in [0.2, 0.25) is 5.78 Å². The predicted octanol–water partition coefficient (Wildman–Crippen LogP) is 3.59. The van der Waals surface area contributed by atoms with E-state index in [2.05, 4.69) is 6.58 Å². The molecule has 2 aliphatic heterocycles. The zero-order valence-electron chi connectivity index (χ0n) is 13.6. The Morgan fingerprint density at radius 1 is 1.24 bits per heavy atom. The Bertz CT molecular complexity index is 955. The number of fused-ring (bicyclic) bond motifs is 3. The second kappa shape index (κ2) is 5.41. The van der Waals surface area contributed by atoms with E-state index in [1.165, 1.54) is 12.1 Å². The lowest BCUT2D eigenvalue weighted by molar-refractivity contribution is 0.101. The van der Waals surface area contributed by atoms with Crippen LogP contribution in [0.1, 0.15) is 28.4 Å². The van der Waals surface area contributed by atoms with Crippen molar-refractivity contribution in [3.05, 3.63) is 64.9 Å². The molecule has 2 aromatic rings. The fraction of sp³-hybridized carbons (Fsp3) is 0.150. The minimum atomic E-state index is -0.254. The molecule has 0 aromatic heterocycles. The number of hydrogen-bond donors (Lipinski definition) is 2. The SMILES string of the molecule is C=C(C)[C@H]1Cc2c(ccc3c2O/C(=C\c2ccc(O)c(O)c2)C3=O)O1. The molecule has 5 heteroatoms. The van der Waals surface area contributed by atoms with Gasteiger partial charge in [-0.05, 0) is 48.4 Å². The molecule has 4 rings (SSSR count). The Hall–Kier alpha value is -3.21. The summed E-state index contributed by atoms with van der Waals surface area (Å²) in [6, 6.07) is 7.80. The van der Waals surface area contributed by atoms with Gasteiger partial charge >= 0.3 is 0 Å². The molecule has 2 aliphatic rings. The maximum atomic E-state index is 12.6. The van der Waals surface area contributed by atoms with Gasteiger partial charge in [0.05, 0.1) is 5.56 Å². The third kappa shape index (κ3) is 2.45. The van der Waals surface area contributed by atoms with E-state index >= 15 is 0 Å². The first-order valence-electron chi connectivity index (χ1n) is 7.88. The molecule has 0 spiro atoms. The van der Waals surface area contributed by atoms with Crippen LogP contribution in [0.15, 0.2) is 48.2 Å². The zero-order chi connectivity index (χ0) is 17.7. The first-order chi connectivity index (χ1) is 11.9. The number of ether oxygens (including phenoxy) is 2. The van der Waals surface area contributed by atoms with Crippen LogP contribution in [0.2, 0.25) is 0 Å². The van der Waals surface area contributed by atoms with Gasteiger partial charge in [0, 0.05) is 12.0 Å². The van der Waals surface area contributed by atoms with Crippen molar-refractivity contribution in [2.45, 2.75) is 19.4 Å². The molecule has 0 unspecified atom stereocenters. The van der Waals surface area contributed by atoms with E-state index in [1.807, 2.05) is 6.92 Å². The van der Waals surface area contributed by atoms with Gasteiger partial charge in [0.1, 0.15) is 17.6 Å². The lowest BCUT2D eigenvalue weighted by Gasteiger charge is -2.08. The molecule has 1 atom stereocenters. The van der Waals surface area contributed by atoms with Crippen molar-refractivity contribution in [1.29, 1.82) is 0 Å². The minimum Gasteiger partial charge on any atom is -0.504 e. The second-order valence-corrected chi connectivity index (χ2v) is 6.26. The Balaban J connectivity index is 1.70. The number of rotatable bonds is 2. The van der Waals surface area contributed by atoms with E-state index in [0.717, 1.165) is 11.1 Å². The van der Waals surface area contributed by atoms with Crippen molar-refractivity contribution in [3.63, 3.8) is 0 Å². The highest BCUT2D eigenvalue weighted by atomic mass is 16.5. The van der Waals surface area contributed by atoms with Crippen LogP contribution in [0.4, 0.5) is 0 Å². The van der Waals surface area contributed by atoms with Crippen LogP contribution in [-0.4, -0.2) is 22.1 Å². The molecular weight excluding hydrogens is 320 g/mol. The fourth-order valence-electron chi connectivity index (χ4n) is 3.03. The first kappa shape index (κ1) is 15.3. The van der Waals surface area contributed by atoms with Crippen molar-refractivity contribution >= 4 is 11.9 Å². The summed E-state index contributed by atoms with van der Waals surface area (Å²) < 4.78 is 11.7. The number of benzene rings is 2. The van der Waals surface area contributed by atoms with E-state index in [0.29, 0.717) is 29.0 Å². The third-order valence-corrected chi connectivity index (χ3v) is 4.40. The van der Waals surface area contributed by atoms with Gasteiger partial charge < -0.3 is 19.7 Å². The summed E-state index contributed by atoms with van der Waals surface area (Å²) >= 11 is 0. The lowest BCUT2D eigenvalue weighted by atomic mass is 10.0. The molecule has 2 N–H and O–H groups in total. The van der Waals surface area contributed by atoms with Gasteiger partial charge in [-0.25, -0.2) is 0 Å². The smallest absolute Gasteiger partial charge is 0.231 e. The summed E-state index contributed by atoms with van der Waals surface area (Å²) in [5.41, 5.74) is 2.85. The van der Waals surface area contributed by atoms with E-state index < -0.39 is 0 Å². The van der Waals surface area contributed by atoms with Crippen molar-refractivity contribution in [3.8, 4) is 23.0 Å². The minimum absolute atomic E-state index is 0.109. The third-order valence-electron chi connectivity index (χ3n) is 4.40. The number of carbonyl (C=O) groups is 1. The number of Topliss-reactive ketones (excluding diaryl/α,β-unsaturated/α-hetero) is 1. The molecule has 126 valence electrons. The van der Waals surface area contributed by atoms with Gasteiger partial charge in [0.25, 0.3) is 0 Å². The molecule has 0 fully saturated rings. The molecule has 0 saturated carbocycles. The average molecular weight is 336 g/mol. The summed E-state index contributed by atoms with van der Waals surface area (Å²) in [6.45, 7) is 5.83. The van der Waals surface area contributed by atoms with Crippen molar-refractivity contribution in [2.75, 3.05) is 0 Å². The zero-order valence-corrected chi connectivity index (χ0v) is 13.6. The second-order valence-electron chi connectivity index (χ2n) is 6.26. The average Bonchev–Trinajstić information content (AvgIpc) is 3.13. The Morgan fingerprint density at radius 2 is 2.04 bits per heavy atom. The first-order valence-corrected chi connectivity index (χ1v) is 7.88. The number of hydrogen-bond acceptors (Lipinski definition) is 5. The van der Waals surface area contributed by atoms with Crippen molar-refractivity contribution in [1.82, 2.24) is 0 Å². The van der Waals surface area contributed by atoms with Crippen LogP contribution < -0.4 is 9.47 Å². The summed E-state index contributed by atoms with van der Waals surface area (Å²) in [4.78, 5) is 12.6. The summed E-state index contributed by atoms with van der Waals surface area (Å²) in [5, 5.41) is 19.0. The molecular formula is C20H16O5. The topological polar surface area (TPSA) is 76.0 Å². The molecule has 5 nitrogen and oxygen atoms in total. The molecule has 0 bridgehead atoms. The van der Waals surface area contributed by atoms with Gasteiger partial charge in [-0.15, -0.1) is 0 Å². The van der Waals surface area contributed by atoms with E-state index in [9.17, 15) is 15.0 Å². The number of phenolic OH excluding ortho intramolecular Hbond substituents is 2. The van der Waals surface area contributed by atoms with Gasteiger partial charge in [-0.1, -0.05) is 12.6 Å². The Labute approximate surface area is 144 Å². The van der Waals surface area contributed by atoms with Crippen LogP contribution in [0.3, 0.4) is 0 Å².